The molecule has 10 heteroatoms. The Balaban J connectivity index is 2.21. The van der Waals surface area contributed by atoms with Crippen molar-refractivity contribution in [1.82, 2.24) is 19.5 Å². The molecule has 4 N–H and O–H groups in total. The minimum Gasteiger partial charge on any atom is -0.363 e. The predicted molar refractivity (Wildman–Crippen MR) is 65.4 cm³/mol. The number of hydrazine groups is 1. The molecular formula is C10H12F3N7. The number of nitrogens with one attached hydrogen (secondary N) is 2. The van der Waals surface area contributed by atoms with Gasteiger partial charge in [-0.2, -0.15) is 18.2 Å². The van der Waals surface area contributed by atoms with E-state index in [1.807, 2.05) is 5.43 Å². The number of aromatic nitrogens is 4. The summed E-state index contributed by atoms with van der Waals surface area (Å²) in [5, 5.41) is 2.75. The molecule has 7 nitrogen and oxygen atoms in total. The first-order valence-electron chi connectivity index (χ1n) is 5.53. The number of hydrogen-bond donors (Lipinski definition) is 3. The van der Waals surface area contributed by atoms with E-state index in [0.29, 0.717) is 5.82 Å². The largest absolute Gasteiger partial charge is 0.433 e. The van der Waals surface area contributed by atoms with E-state index in [9.17, 15) is 13.2 Å². The fourth-order valence-corrected chi connectivity index (χ4v) is 1.48. The van der Waals surface area contributed by atoms with Gasteiger partial charge in [-0.1, -0.05) is 0 Å². The molecule has 2 aromatic rings. The first-order valence-corrected chi connectivity index (χ1v) is 5.53. The van der Waals surface area contributed by atoms with Gasteiger partial charge in [-0.25, -0.2) is 15.8 Å². The Morgan fingerprint density at radius 1 is 1.35 bits per heavy atom. The Hall–Kier alpha value is -2.36. The summed E-state index contributed by atoms with van der Waals surface area (Å²) >= 11 is 0. The molecule has 108 valence electrons. The number of anilines is 2. The van der Waals surface area contributed by atoms with E-state index >= 15 is 0 Å². The van der Waals surface area contributed by atoms with Crippen LogP contribution in [-0.2, 0) is 19.8 Å². The highest BCUT2D eigenvalue weighted by Gasteiger charge is 2.33. The van der Waals surface area contributed by atoms with Gasteiger partial charge in [-0.3, -0.25) is 5.43 Å². The van der Waals surface area contributed by atoms with Gasteiger partial charge in [0.1, 0.15) is 11.6 Å². The van der Waals surface area contributed by atoms with Crippen LogP contribution in [0.5, 0.6) is 0 Å². The maximum atomic E-state index is 12.7. The standard InChI is InChI=1S/C10H12F3N7/c1-20-3-2-15-8(20)5-16-7-4-6(10(11,12)13)17-9(18-7)19-14/h2-4H,5,14H2,1H3,(H2,16,17,18,19). The Bertz CT molecular complexity index is 593. The van der Waals surface area contributed by atoms with Crippen molar-refractivity contribution in [2.75, 3.05) is 10.7 Å². The Morgan fingerprint density at radius 2 is 2.10 bits per heavy atom. The van der Waals surface area contributed by atoms with Crippen molar-refractivity contribution in [2.45, 2.75) is 12.7 Å². The topological polar surface area (TPSA) is 93.7 Å². The van der Waals surface area contributed by atoms with Crippen LogP contribution in [0.4, 0.5) is 24.9 Å². The van der Waals surface area contributed by atoms with E-state index in [4.69, 9.17) is 5.84 Å². The maximum absolute atomic E-state index is 12.7. The number of nitrogens with zero attached hydrogens (tertiary/aromatic N) is 4. The molecule has 0 aliphatic carbocycles. The maximum Gasteiger partial charge on any atom is 0.433 e. The number of aryl methyl sites for hydroxylation is 1. The normalized spacial score (nSPS) is 11.4. The zero-order valence-electron chi connectivity index (χ0n) is 10.4. The number of halogens is 3. The summed E-state index contributed by atoms with van der Waals surface area (Å²) in [6, 6.07) is 0.809. The first kappa shape index (κ1) is 14.1. The second kappa shape index (κ2) is 5.33. The van der Waals surface area contributed by atoms with Crippen LogP contribution in [-0.4, -0.2) is 19.5 Å². The monoisotopic (exact) mass is 287 g/mol. The van der Waals surface area contributed by atoms with Crippen molar-refractivity contribution < 1.29 is 13.2 Å². The second-order valence-corrected chi connectivity index (χ2v) is 3.91. The zero-order chi connectivity index (χ0) is 14.8. The Morgan fingerprint density at radius 3 is 2.65 bits per heavy atom. The number of alkyl halides is 3. The summed E-state index contributed by atoms with van der Waals surface area (Å²) in [6.07, 6.45) is -1.26. The van der Waals surface area contributed by atoms with Gasteiger partial charge in [0.25, 0.3) is 0 Å². The molecule has 2 rings (SSSR count). The van der Waals surface area contributed by atoms with E-state index in [2.05, 4.69) is 20.3 Å². The third-order valence-electron chi connectivity index (χ3n) is 2.49. The third kappa shape index (κ3) is 3.15. The molecule has 2 aromatic heterocycles. The van der Waals surface area contributed by atoms with Crippen molar-refractivity contribution in [3.8, 4) is 0 Å². The van der Waals surface area contributed by atoms with Crippen molar-refractivity contribution in [1.29, 1.82) is 0 Å². The smallest absolute Gasteiger partial charge is 0.363 e. The molecule has 0 bridgehead atoms. The molecule has 0 aliphatic rings. The van der Waals surface area contributed by atoms with Crippen LogP contribution in [0.2, 0.25) is 0 Å². The summed E-state index contributed by atoms with van der Waals surface area (Å²) in [5.41, 5.74) is 0.921. The van der Waals surface area contributed by atoms with E-state index in [1.54, 1.807) is 24.0 Å². The summed E-state index contributed by atoms with van der Waals surface area (Å²) in [5.74, 6) is 5.40. The number of hydrogen-bond acceptors (Lipinski definition) is 6. The Labute approximate surface area is 112 Å². The predicted octanol–water partition coefficient (Wildman–Crippen LogP) is 1.13. The van der Waals surface area contributed by atoms with Crippen LogP contribution in [0.25, 0.3) is 0 Å². The van der Waals surface area contributed by atoms with Gasteiger partial charge < -0.3 is 9.88 Å². The lowest BCUT2D eigenvalue weighted by atomic mass is 10.3. The average Bonchev–Trinajstić information content (AvgIpc) is 2.80. The zero-order valence-corrected chi connectivity index (χ0v) is 10.4. The first-order chi connectivity index (χ1) is 9.40. The average molecular weight is 287 g/mol. The van der Waals surface area contributed by atoms with Crippen LogP contribution in [0, 0.1) is 0 Å². The molecule has 0 aliphatic heterocycles. The van der Waals surface area contributed by atoms with Gasteiger partial charge in [0, 0.05) is 25.5 Å². The molecule has 0 atom stereocenters. The van der Waals surface area contributed by atoms with Gasteiger partial charge in [-0.05, 0) is 0 Å². The fourth-order valence-electron chi connectivity index (χ4n) is 1.48. The number of rotatable bonds is 4. The summed E-state index contributed by atoms with van der Waals surface area (Å²) < 4.78 is 39.7. The molecule has 2 heterocycles. The molecule has 0 unspecified atom stereocenters. The summed E-state index contributed by atoms with van der Waals surface area (Å²) in [4.78, 5) is 11.1. The van der Waals surface area contributed by atoms with E-state index in [1.165, 1.54) is 0 Å². The van der Waals surface area contributed by atoms with Crippen molar-refractivity contribution in [2.24, 2.45) is 12.9 Å². The molecule has 20 heavy (non-hydrogen) atoms. The van der Waals surface area contributed by atoms with Gasteiger partial charge in [-0.15, -0.1) is 0 Å². The fraction of sp³-hybridized carbons (Fsp3) is 0.300. The SMILES string of the molecule is Cn1ccnc1CNc1cc(C(F)(F)F)nc(NN)n1. The molecule has 0 saturated heterocycles. The highest BCUT2D eigenvalue weighted by molar-refractivity contribution is 5.42. The summed E-state index contributed by atoms with van der Waals surface area (Å²) in [7, 11) is 1.78. The van der Waals surface area contributed by atoms with Crippen LogP contribution in [0.3, 0.4) is 0 Å². The van der Waals surface area contributed by atoms with Crippen molar-refractivity contribution >= 4 is 11.8 Å². The van der Waals surface area contributed by atoms with Crippen LogP contribution in [0.1, 0.15) is 11.5 Å². The number of imidazole rings is 1. The quantitative estimate of drug-likeness (QED) is 0.576. The van der Waals surface area contributed by atoms with Crippen molar-refractivity contribution in [3.63, 3.8) is 0 Å². The van der Waals surface area contributed by atoms with Gasteiger partial charge in [0.15, 0.2) is 5.69 Å². The minimum absolute atomic E-state index is 0.00303. The van der Waals surface area contributed by atoms with E-state index in [-0.39, 0.29) is 18.3 Å². The van der Waals surface area contributed by atoms with Crippen molar-refractivity contribution in [3.05, 3.63) is 30.0 Å². The molecule has 0 saturated carbocycles. The molecule has 0 aromatic carbocycles. The summed E-state index contributed by atoms with van der Waals surface area (Å²) in [6.45, 7) is 0.224. The van der Waals surface area contributed by atoms with Gasteiger partial charge in [0.2, 0.25) is 5.95 Å². The molecular weight excluding hydrogens is 275 g/mol. The highest BCUT2D eigenvalue weighted by atomic mass is 19.4. The number of nitrogens with two attached hydrogens (primary N) is 1. The third-order valence-corrected chi connectivity index (χ3v) is 2.49. The highest BCUT2D eigenvalue weighted by Crippen LogP contribution is 2.29. The number of nitrogen functional groups attached to an aromatic ring is 1. The van der Waals surface area contributed by atoms with Crippen LogP contribution >= 0.6 is 0 Å². The lowest BCUT2D eigenvalue weighted by molar-refractivity contribution is -0.141. The molecule has 0 amide bonds. The molecule has 0 radical (unpaired) electrons. The van der Waals surface area contributed by atoms with E-state index in [0.717, 1.165) is 6.07 Å². The minimum atomic E-state index is -4.58. The molecule has 0 fully saturated rings. The lowest BCUT2D eigenvalue weighted by Crippen LogP contribution is -2.17. The van der Waals surface area contributed by atoms with Crippen LogP contribution < -0.4 is 16.6 Å². The van der Waals surface area contributed by atoms with Gasteiger partial charge in [0.05, 0.1) is 6.54 Å². The van der Waals surface area contributed by atoms with Gasteiger partial charge >= 0.3 is 6.18 Å². The van der Waals surface area contributed by atoms with E-state index < -0.39 is 11.9 Å². The lowest BCUT2D eigenvalue weighted by Gasteiger charge is -2.11. The molecule has 0 spiro atoms. The Kier molecular flexibility index (Phi) is 3.74. The second-order valence-electron chi connectivity index (χ2n) is 3.91. The van der Waals surface area contributed by atoms with Crippen LogP contribution in [0.15, 0.2) is 18.5 Å².